The Kier molecular flexibility index (Phi) is 5.05. The highest BCUT2D eigenvalue weighted by atomic mass is 19.4. The Morgan fingerprint density at radius 3 is 2.38 bits per heavy atom. The van der Waals surface area contributed by atoms with Crippen molar-refractivity contribution >= 4 is 5.91 Å². The van der Waals surface area contributed by atoms with E-state index in [1.165, 1.54) is 12.1 Å². The van der Waals surface area contributed by atoms with Crippen LogP contribution in [0.25, 0.3) is 0 Å². The summed E-state index contributed by atoms with van der Waals surface area (Å²) < 4.78 is 39.0. The predicted molar refractivity (Wildman–Crippen MR) is 93.4 cm³/mol. The molecule has 0 radical (unpaired) electrons. The molecule has 6 heteroatoms. The van der Waals surface area contributed by atoms with Gasteiger partial charge >= 0.3 is 6.18 Å². The quantitative estimate of drug-likeness (QED) is 0.821. The van der Waals surface area contributed by atoms with E-state index in [0.29, 0.717) is 23.7 Å². The van der Waals surface area contributed by atoms with Crippen LogP contribution in [0.4, 0.5) is 13.2 Å². The van der Waals surface area contributed by atoms with Crippen LogP contribution in [0.5, 0.6) is 0 Å². The molecule has 0 aliphatic heterocycles. The van der Waals surface area contributed by atoms with Crippen LogP contribution in [0.1, 0.15) is 52.9 Å². The Labute approximate surface area is 150 Å². The number of nitrogens with two attached hydrogens (primary N) is 1. The standard InChI is InChI=1S/C20H21F3N2O/c1-13(16-3-2-4-17(11-16)20(21,22)23)25(18-9-10-18)12-14-5-7-15(8-6-14)19(24)26/h2-8,11,13,18H,9-10,12H2,1H3,(H2,24,26). The van der Waals surface area contributed by atoms with Gasteiger partial charge in [0.2, 0.25) is 5.91 Å². The summed E-state index contributed by atoms with van der Waals surface area (Å²) in [4.78, 5) is 13.4. The van der Waals surface area contributed by atoms with E-state index in [1.807, 2.05) is 19.1 Å². The first-order valence-corrected chi connectivity index (χ1v) is 8.57. The minimum absolute atomic E-state index is 0.138. The summed E-state index contributed by atoms with van der Waals surface area (Å²) >= 11 is 0. The van der Waals surface area contributed by atoms with Crippen molar-refractivity contribution in [3.05, 3.63) is 70.8 Å². The Morgan fingerprint density at radius 2 is 1.85 bits per heavy atom. The molecule has 1 saturated carbocycles. The largest absolute Gasteiger partial charge is 0.416 e. The molecular weight excluding hydrogens is 341 g/mol. The van der Waals surface area contributed by atoms with Gasteiger partial charge in [-0.25, -0.2) is 0 Å². The van der Waals surface area contributed by atoms with Crippen molar-refractivity contribution in [1.29, 1.82) is 0 Å². The molecule has 2 N–H and O–H groups in total. The zero-order chi connectivity index (χ0) is 18.9. The molecule has 2 aromatic carbocycles. The van der Waals surface area contributed by atoms with Crippen LogP contribution in [-0.2, 0) is 12.7 Å². The highest BCUT2D eigenvalue weighted by Crippen LogP contribution is 2.37. The van der Waals surface area contributed by atoms with E-state index in [4.69, 9.17) is 5.73 Å². The van der Waals surface area contributed by atoms with E-state index >= 15 is 0 Å². The van der Waals surface area contributed by atoms with Gasteiger partial charge in [0.05, 0.1) is 5.56 Å². The van der Waals surface area contributed by atoms with E-state index < -0.39 is 17.6 Å². The topological polar surface area (TPSA) is 46.3 Å². The second-order valence-corrected chi connectivity index (χ2v) is 6.76. The molecule has 0 aromatic heterocycles. The summed E-state index contributed by atoms with van der Waals surface area (Å²) in [6.07, 6.45) is -2.25. The van der Waals surface area contributed by atoms with Crippen molar-refractivity contribution in [2.45, 2.75) is 44.6 Å². The number of alkyl halides is 3. The van der Waals surface area contributed by atoms with Gasteiger partial charge in [-0.3, -0.25) is 9.69 Å². The second kappa shape index (κ2) is 7.11. The fraction of sp³-hybridized carbons (Fsp3) is 0.350. The Hall–Kier alpha value is -2.34. The molecule has 0 saturated heterocycles. The summed E-state index contributed by atoms with van der Waals surface area (Å²) in [5, 5.41) is 0. The summed E-state index contributed by atoms with van der Waals surface area (Å²) in [6, 6.07) is 12.8. The molecule has 138 valence electrons. The normalized spacial score (nSPS) is 15.9. The molecule has 0 heterocycles. The lowest BCUT2D eigenvalue weighted by Crippen LogP contribution is -2.29. The number of hydrogen-bond donors (Lipinski definition) is 1. The van der Waals surface area contributed by atoms with Crippen LogP contribution >= 0.6 is 0 Å². The number of primary amides is 1. The van der Waals surface area contributed by atoms with E-state index in [1.54, 1.807) is 18.2 Å². The molecule has 1 fully saturated rings. The van der Waals surface area contributed by atoms with Gasteiger partial charge in [-0.1, -0.05) is 24.3 Å². The van der Waals surface area contributed by atoms with Crippen molar-refractivity contribution < 1.29 is 18.0 Å². The average Bonchev–Trinajstić information content (AvgIpc) is 3.44. The van der Waals surface area contributed by atoms with Crippen LogP contribution in [0, 0.1) is 0 Å². The van der Waals surface area contributed by atoms with Crippen molar-refractivity contribution in [2.24, 2.45) is 5.73 Å². The molecule has 3 nitrogen and oxygen atoms in total. The van der Waals surface area contributed by atoms with Gasteiger partial charge in [0.25, 0.3) is 0 Å². The monoisotopic (exact) mass is 362 g/mol. The average molecular weight is 362 g/mol. The van der Waals surface area contributed by atoms with Gasteiger partial charge in [0.1, 0.15) is 0 Å². The number of carbonyl (C=O) groups excluding carboxylic acids is 1. The van der Waals surface area contributed by atoms with Crippen molar-refractivity contribution in [3.63, 3.8) is 0 Å². The van der Waals surface area contributed by atoms with Crippen LogP contribution in [0.2, 0.25) is 0 Å². The van der Waals surface area contributed by atoms with Crippen molar-refractivity contribution in [1.82, 2.24) is 4.90 Å². The van der Waals surface area contributed by atoms with E-state index in [0.717, 1.165) is 24.5 Å². The number of carbonyl (C=O) groups is 1. The first-order chi connectivity index (χ1) is 12.3. The summed E-state index contributed by atoms with van der Waals surface area (Å²) in [5.41, 5.74) is 6.73. The van der Waals surface area contributed by atoms with Gasteiger partial charge < -0.3 is 5.73 Å². The van der Waals surface area contributed by atoms with Gasteiger partial charge in [-0.05, 0) is 55.2 Å². The molecule has 3 rings (SSSR count). The van der Waals surface area contributed by atoms with Crippen LogP contribution in [0.15, 0.2) is 48.5 Å². The lowest BCUT2D eigenvalue weighted by Gasteiger charge is -2.30. The van der Waals surface area contributed by atoms with E-state index in [-0.39, 0.29) is 6.04 Å². The SMILES string of the molecule is CC(c1cccc(C(F)(F)F)c1)N(Cc1ccc(C(N)=O)cc1)C1CC1. The predicted octanol–water partition coefficient (Wildman–Crippen LogP) is 4.53. The first-order valence-electron chi connectivity index (χ1n) is 8.57. The number of nitrogens with zero attached hydrogens (tertiary/aromatic N) is 1. The van der Waals surface area contributed by atoms with Crippen LogP contribution < -0.4 is 5.73 Å². The minimum atomic E-state index is -4.34. The number of halogens is 3. The van der Waals surface area contributed by atoms with Crippen molar-refractivity contribution in [3.8, 4) is 0 Å². The van der Waals surface area contributed by atoms with Gasteiger partial charge in [-0.15, -0.1) is 0 Å². The number of rotatable bonds is 6. The molecule has 1 atom stereocenters. The Balaban J connectivity index is 1.80. The third-order valence-electron chi connectivity index (χ3n) is 4.81. The molecule has 26 heavy (non-hydrogen) atoms. The maximum atomic E-state index is 13.0. The smallest absolute Gasteiger partial charge is 0.366 e. The van der Waals surface area contributed by atoms with E-state index in [9.17, 15) is 18.0 Å². The molecule has 1 unspecified atom stereocenters. The van der Waals surface area contributed by atoms with Gasteiger partial charge in [0.15, 0.2) is 0 Å². The second-order valence-electron chi connectivity index (χ2n) is 6.76. The van der Waals surface area contributed by atoms with Gasteiger partial charge in [-0.2, -0.15) is 13.2 Å². The fourth-order valence-corrected chi connectivity index (χ4v) is 3.14. The molecule has 2 aromatic rings. The summed E-state index contributed by atoms with van der Waals surface area (Å²) in [5.74, 6) is -0.479. The van der Waals surface area contributed by atoms with Crippen molar-refractivity contribution in [2.75, 3.05) is 0 Å². The molecule has 1 aliphatic carbocycles. The lowest BCUT2D eigenvalue weighted by atomic mass is 10.0. The molecule has 1 amide bonds. The molecule has 0 bridgehead atoms. The molecular formula is C20H21F3N2O. The minimum Gasteiger partial charge on any atom is -0.366 e. The zero-order valence-electron chi connectivity index (χ0n) is 14.5. The maximum Gasteiger partial charge on any atom is 0.416 e. The Morgan fingerprint density at radius 1 is 1.19 bits per heavy atom. The third kappa shape index (κ3) is 4.25. The highest BCUT2D eigenvalue weighted by molar-refractivity contribution is 5.92. The van der Waals surface area contributed by atoms with Crippen LogP contribution in [-0.4, -0.2) is 16.8 Å². The molecule has 0 spiro atoms. The highest BCUT2D eigenvalue weighted by Gasteiger charge is 2.34. The summed E-state index contributed by atoms with van der Waals surface area (Å²) in [6.45, 7) is 2.55. The molecule has 1 aliphatic rings. The Bertz CT molecular complexity index is 782. The first kappa shape index (κ1) is 18.5. The summed E-state index contributed by atoms with van der Waals surface area (Å²) in [7, 11) is 0. The fourth-order valence-electron chi connectivity index (χ4n) is 3.14. The number of hydrogen-bond acceptors (Lipinski definition) is 2. The zero-order valence-corrected chi connectivity index (χ0v) is 14.5. The lowest BCUT2D eigenvalue weighted by molar-refractivity contribution is -0.137. The van der Waals surface area contributed by atoms with Gasteiger partial charge in [0, 0.05) is 24.2 Å². The maximum absolute atomic E-state index is 13.0. The van der Waals surface area contributed by atoms with Crippen LogP contribution in [0.3, 0.4) is 0 Å². The third-order valence-corrected chi connectivity index (χ3v) is 4.81. The van der Waals surface area contributed by atoms with E-state index in [2.05, 4.69) is 4.90 Å². The number of amides is 1. The number of benzene rings is 2.